The van der Waals surface area contributed by atoms with Gasteiger partial charge in [-0.1, -0.05) is 18.2 Å². The van der Waals surface area contributed by atoms with Gasteiger partial charge in [-0.25, -0.2) is 9.78 Å². The van der Waals surface area contributed by atoms with Crippen LogP contribution >= 0.6 is 0 Å². The molecule has 1 aliphatic heterocycles. The van der Waals surface area contributed by atoms with Gasteiger partial charge in [0, 0.05) is 38.9 Å². The smallest absolute Gasteiger partial charge is 0.337 e. The summed E-state index contributed by atoms with van der Waals surface area (Å²) in [7, 11) is 1.36. The molecule has 0 spiro atoms. The highest BCUT2D eigenvalue weighted by molar-refractivity contribution is 5.89. The average Bonchev–Trinajstić information content (AvgIpc) is 2.84. The molecule has 0 unspecified atom stereocenters. The van der Waals surface area contributed by atoms with Crippen LogP contribution in [0.1, 0.15) is 15.9 Å². The van der Waals surface area contributed by atoms with Crippen molar-refractivity contribution in [3.05, 3.63) is 76.3 Å². The number of pyridine rings is 1. The molecular formula is C23H25N5O4. The summed E-state index contributed by atoms with van der Waals surface area (Å²) in [5.74, 6) is -0.399. The Morgan fingerprint density at radius 3 is 2.53 bits per heavy atom. The number of fused-ring (bicyclic) bond motifs is 1. The number of benzene rings is 1. The topological polar surface area (TPSA) is 96.2 Å². The molecule has 0 atom stereocenters. The Hall–Kier alpha value is -3.72. The highest BCUT2D eigenvalue weighted by Crippen LogP contribution is 2.11. The fourth-order valence-corrected chi connectivity index (χ4v) is 3.71. The zero-order chi connectivity index (χ0) is 22.5. The van der Waals surface area contributed by atoms with Gasteiger partial charge in [-0.2, -0.15) is 0 Å². The minimum atomic E-state index is -0.348. The lowest BCUT2D eigenvalue weighted by atomic mass is 10.1. The molecule has 2 aromatic heterocycles. The van der Waals surface area contributed by atoms with Gasteiger partial charge in [-0.05, 0) is 29.8 Å². The number of esters is 1. The quantitative estimate of drug-likeness (QED) is 0.582. The minimum absolute atomic E-state index is 0.0464. The van der Waals surface area contributed by atoms with E-state index in [4.69, 9.17) is 4.74 Å². The van der Waals surface area contributed by atoms with E-state index in [1.165, 1.54) is 17.7 Å². The summed E-state index contributed by atoms with van der Waals surface area (Å²) in [5, 5.41) is 2.93. The fraction of sp³-hybridized carbons (Fsp3) is 0.304. The zero-order valence-electron chi connectivity index (χ0n) is 17.9. The van der Waals surface area contributed by atoms with Crippen molar-refractivity contribution < 1.29 is 14.3 Å². The lowest BCUT2D eigenvalue weighted by Crippen LogP contribution is -2.49. The van der Waals surface area contributed by atoms with Gasteiger partial charge < -0.3 is 15.0 Å². The molecule has 166 valence electrons. The van der Waals surface area contributed by atoms with E-state index in [0.717, 1.165) is 25.2 Å². The van der Waals surface area contributed by atoms with Crippen molar-refractivity contribution in [3.8, 4) is 0 Å². The molecule has 1 N–H and O–H groups in total. The molecule has 1 aliphatic rings. The molecule has 9 nitrogen and oxygen atoms in total. The van der Waals surface area contributed by atoms with Crippen LogP contribution in [-0.4, -0.2) is 70.9 Å². The number of ether oxygens (including phenoxy) is 1. The maximum Gasteiger partial charge on any atom is 0.337 e. The number of anilines is 1. The number of rotatable bonds is 6. The molecule has 1 fully saturated rings. The number of methoxy groups -OCH3 is 1. The summed E-state index contributed by atoms with van der Waals surface area (Å²) >= 11 is 0. The Bertz CT molecular complexity index is 1170. The summed E-state index contributed by atoms with van der Waals surface area (Å²) in [4.78, 5) is 45.0. The SMILES string of the molecule is COC(=O)c1ccc(CN2CCN(C(=O)CNc3cnc4ccccn4c3=O)CC2)cc1. The molecule has 0 bridgehead atoms. The van der Waals surface area contributed by atoms with Gasteiger partial charge in [0.1, 0.15) is 11.3 Å². The summed E-state index contributed by atoms with van der Waals surface area (Å²) in [6.45, 7) is 3.55. The monoisotopic (exact) mass is 435 g/mol. The maximum absolute atomic E-state index is 12.6. The molecule has 1 aromatic carbocycles. The third-order valence-corrected chi connectivity index (χ3v) is 5.55. The highest BCUT2D eigenvalue weighted by atomic mass is 16.5. The lowest BCUT2D eigenvalue weighted by molar-refractivity contribution is -0.131. The van der Waals surface area contributed by atoms with E-state index < -0.39 is 0 Å². The number of hydrogen-bond donors (Lipinski definition) is 1. The van der Waals surface area contributed by atoms with E-state index in [2.05, 4.69) is 15.2 Å². The van der Waals surface area contributed by atoms with Crippen LogP contribution in [0.25, 0.3) is 5.65 Å². The summed E-state index contributed by atoms with van der Waals surface area (Å²) in [6, 6.07) is 12.7. The van der Waals surface area contributed by atoms with Gasteiger partial charge in [0.05, 0.1) is 25.4 Å². The predicted molar refractivity (Wildman–Crippen MR) is 120 cm³/mol. The second-order valence-corrected chi connectivity index (χ2v) is 7.60. The number of amides is 1. The second kappa shape index (κ2) is 9.61. The van der Waals surface area contributed by atoms with Crippen LogP contribution in [0.2, 0.25) is 0 Å². The van der Waals surface area contributed by atoms with Crippen LogP contribution in [0.3, 0.4) is 0 Å². The molecule has 9 heteroatoms. The van der Waals surface area contributed by atoms with E-state index in [1.54, 1.807) is 35.4 Å². The highest BCUT2D eigenvalue weighted by Gasteiger charge is 2.21. The van der Waals surface area contributed by atoms with Gasteiger partial charge in [0.25, 0.3) is 5.56 Å². The molecule has 0 aliphatic carbocycles. The molecule has 0 radical (unpaired) electrons. The molecule has 0 saturated carbocycles. The van der Waals surface area contributed by atoms with Crippen LogP contribution in [-0.2, 0) is 16.1 Å². The number of carbonyl (C=O) groups is 2. The van der Waals surface area contributed by atoms with E-state index in [9.17, 15) is 14.4 Å². The summed E-state index contributed by atoms with van der Waals surface area (Å²) in [6.07, 6.45) is 3.12. The number of nitrogens with zero attached hydrogens (tertiary/aromatic N) is 4. The minimum Gasteiger partial charge on any atom is -0.465 e. The Morgan fingerprint density at radius 2 is 1.81 bits per heavy atom. The predicted octanol–water partition coefficient (Wildman–Crippen LogP) is 1.24. The third kappa shape index (κ3) is 4.78. The fourth-order valence-electron chi connectivity index (χ4n) is 3.71. The first kappa shape index (κ1) is 21.5. The number of hydrogen-bond acceptors (Lipinski definition) is 7. The van der Waals surface area contributed by atoms with Crippen molar-refractivity contribution in [1.29, 1.82) is 0 Å². The molecule has 1 amide bonds. The Morgan fingerprint density at radius 1 is 1.06 bits per heavy atom. The van der Waals surface area contributed by atoms with Crippen molar-refractivity contribution >= 4 is 23.2 Å². The van der Waals surface area contributed by atoms with Crippen LogP contribution in [0, 0.1) is 0 Å². The van der Waals surface area contributed by atoms with E-state index in [1.807, 2.05) is 18.2 Å². The van der Waals surface area contributed by atoms with Crippen molar-refractivity contribution in [2.45, 2.75) is 6.54 Å². The number of carbonyl (C=O) groups excluding carboxylic acids is 2. The molecular weight excluding hydrogens is 410 g/mol. The molecule has 3 heterocycles. The lowest BCUT2D eigenvalue weighted by Gasteiger charge is -2.34. The van der Waals surface area contributed by atoms with E-state index in [-0.39, 0.29) is 24.0 Å². The normalized spacial score (nSPS) is 14.3. The largest absolute Gasteiger partial charge is 0.465 e. The number of piperazine rings is 1. The van der Waals surface area contributed by atoms with Crippen LogP contribution in [0.15, 0.2) is 59.7 Å². The maximum atomic E-state index is 12.6. The Kier molecular flexibility index (Phi) is 6.46. The van der Waals surface area contributed by atoms with Crippen LogP contribution in [0.5, 0.6) is 0 Å². The zero-order valence-corrected chi connectivity index (χ0v) is 17.9. The molecule has 1 saturated heterocycles. The first-order valence-corrected chi connectivity index (χ1v) is 10.4. The van der Waals surface area contributed by atoms with Crippen molar-refractivity contribution in [3.63, 3.8) is 0 Å². The van der Waals surface area contributed by atoms with Crippen LogP contribution < -0.4 is 10.9 Å². The molecule has 32 heavy (non-hydrogen) atoms. The standard InChI is InChI=1S/C23H25N5O4/c1-32-23(31)18-7-5-17(6-8-18)16-26-10-12-27(13-11-26)21(29)15-24-19-14-25-20-4-2-3-9-28(20)22(19)30/h2-9,14,24H,10-13,15-16H2,1H3. The summed E-state index contributed by atoms with van der Waals surface area (Å²) < 4.78 is 6.17. The van der Waals surface area contributed by atoms with Crippen molar-refractivity contribution in [2.24, 2.45) is 0 Å². The molecule has 4 rings (SSSR count). The van der Waals surface area contributed by atoms with E-state index >= 15 is 0 Å². The van der Waals surface area contributed by atoms with Gasteiger partial charge in [-0.15, -0.1) is 0 Å². The second-order valence-electron chi connectivity index (χ2n) is 7.60. The summed E-state index contributed by atoms with van der Waals surface area (Å²) in [5.41, 5.74) is 2.26. The van der Waals surface area contributed by atoms with Gasteiger partial charge in [0.15, 0.2) is 0 Å². The van der Waals surface area contributed by atoms with E-state index in [0.29, 0.717) is 30.0 Å². The van der Waals surface area contributed by atoms with Gasteiger partial charge in [-0.3, -0.25) is 18.9 Å². The number of aromatic nitrogens is 2. The third-order valence-electron chi connectivity index (χ3n) is 5.55. The average molecular weight is 435 g/mol. The van der Waals surface area contributed by atoms with Gasteiger partial charge in [0.2, 0.25) is 5.91 Å². The Balaban J connectivity index is 1.27. The first-order chi connectivity index (χ1) is 15.5. The number of nitrogens with one attached hydrogen (secondary N) is 1. The Labute approximate surface area is 185 Å². The first-order valence-electron chi connectivity index (χ1n) is 10.4. The van der Waals surface area contributed by atoms with Gasteiger partial charge >= 0.3 is 5.97 Å². The van der Waals surface area contributed by atoms with Crippen molar-refractivity contribution in [1.82, 2.24) is 19.2 Å². The molecule has 3 aromatic rings. The van der Waals surface area contributed by atoms with Crippen LogP contribution in [0.4, 0.5) is 5.69 Å². The van der Waals surface area contributed by atoms with Crippen molar-refractivity contribution in [2.75, 3.05) is 45.2 Å².